The van der Waals surface area contributed by atoms with Gasteiger partial charge in [0.15, 0.2) is 0 Å². The van der Waals surface area contributed by atoms with Gasteiger partial charge in [0, 0.05) is 6.42 Å². The number of hydrogen-bond acceptors (Lipinski definition) is 3. The highest BCUT2D eigenvalue weighted by molar-refractivity contribution is 6.39. The number of nitrogens with zero attached hydrogens (tertiary/aromatic N) is 1. The fourth-order valence-corrected chi connectivity index (χ4v) is 3.50. The number of urea groups is 1. The van der Waals surface area contributed by atoms with Gasteiger partial charge in [-0.1, -0.05) is 54.6 Å². The zero-order valence-electron chi connectivity index (χ0n) is 16.8. The van der Waals surface area contributed by atoms with Crippen LogP contribution >= 0.6 is 0 Å². The molecule has 0 radical (unpaired) electrons. The van der Waals surface area contributed by atoms with Crippen molar-refractivity contribution in [3.63, 3.8) is 0 Å². The number of carbonyl (C=O) groups excluding carboxylic acids is 3. The molecule has 1 aliphatic rings. The molecule has 4 amide bonds. The predicted octanol–water partition coefficient (Wildman–Crippen LogP) is 4.39. The van der Waals surface area contributed by atoms with E-state index in [-0.39, 0.29) is 11.4 Å². The lowest BCUT2D eigenvalue weighted by Gasteiger charge is -2.26. The molecule has 4 rings (SSSR count). The van der Waals surface area contributed by atoms with Crippen molar-refractivity contribution in [2.75, 3.05) is 4.90 Å². The van der Waals surface area contributed by atoms with Gasteiger partial charge in [-0.05, 0) is 53.5 Å². The van der Waals surface area contributed by atoms with Gasteiger partial charge in [-0.15, -0.1) is 0 Å². The van der Waals surface area contributed by atoms with Crippen LogP contribution in [0.1, 0.15) is 22.3 Å². The van der Waals surface area contributed by atoms with Crippen LogP contribution in [-0.4, -0.2) is 17.8 Å². The molecule has 0 aliphatic carbocycles. The maximum absolute atomic E-state index is 14.1. The van der Waals surface area contributed by atoms with Crippen LogP contribution in [0.25, 0.3) is 6.08 Å². The summed E-state index contributed by atoms with van der Waals surface area (Å²) in [5.74, 6) is -1.80. The number of benzene rings is 3. The molecule has 5 nitrogen and oxygen atoms in total. The first-order valence-corrected chi connectivity index (χ1v) is 9.73. The smallest absolute Gasteiger partial charge is 0.273 e. The van der Waals surface area contributed by atoms with Gasteiger partial charge in [-0.3, -0.25) is 14.9 Å². The van der Waals surface area contributed by atoms with Gasteiger partial charge in [0.05, 0.1) is 5.69 Å². The summed E-state index contributed by atoms with van der Waals surface area (Å²) in [6.45, 7) is 1.84. The second kappa shape index (κ2) is 8.36. The fourth-order valence-electron chi connectivity index (χ4n) is 3.50. The molecular weight excluding hydrogens is 395 g/mol. The van der Waals surface area contributed by atoms with E-state index >= 15 is 0 Å². The quantitative estimate of drug-likeness (QED) is 0.509. The first-order chi connectivity index (χ1) is 14.9. The van der Waals surface area contributed by atoms with Crippen molar-refractivity contribution in [3.8, 4) is 0 Å². The molecule has 1 saturated heterocycles. The number of barbiturate groups is 1. The lowest BCUT2D eigenvalue weighted by atomic mass is 9.97. The average molecular weight is 414 g/mol. The number of nitrogens with one attached hydrogen (secondary N) is 1. The number of amides is 4. The number of carbonyl (C=O) groups is 3. The Morgan fingerprint density at radius 1 is 0.903 bits per heavy atom. The minimum atomic E-state index is -0.794. The zero-order valence-corrected chi connectivity index (χ0v) is 16.8. The van der Waals surface area contributed by atoms with Gasteiger partial charge < -0.3 is 0 Å². The Morgan fingerprint density at radius 2 is 1.61 bits per heavy atom. The normalized spacial score (nSPS) is 15.4. The average Bonchev–Trinajstić information content (AvgIpc) is 2.74. The SMILES string of the molecule is Cc1cccc(N2C(=O)NC(=O)/C(=C\c3ccccc3Cc3ccccc3F)C2=O)c1. The fraction of sp³-hybridized carbons (Fsp3) is 0.0800. The molecule has 0 unspecified atom stereocenters. The summed E-state index contributed by atoms with van der Waals surface area (Å²) >= 11 is 0. The van der Waals surface area contributed by atoms with E-state index in [1.165, 1.54) is 12.1 Å². The highest BCUT2D eigenvalue weighted by Gasteiger charge is 2.36. The monoisotopic (exact) mass is 414 g/mol. The summed E-state index contributed by atoms with van der Waals surface area (Å²) in [4.78, 5) is 38.9. The summed E-state index contributed by atoms with van der Waals surface area (Å²) in [5.41, 5.74) is 2.94. The number of halogens is 1. The molecule has 0 spiro atoms. The summed E-state index contributed by atoms with van der Waals surface area (Å²) in [5, 5.41) is 2.23. The van der Waals surface area contributed by atoms with E-state index in [1.807, 2.05) is 25.1 Å². The second-order valence-corrected chi connectivity index (χ2v) is 7.26. The minimum absolute atomic E-state index is 0.165. The number of anilines is 1. The Morgan fingerprint density at radius 3 is 2.35 bits per heavy atom. The zero-order chi connectivity index (χ0) is 22.0. The second-order valence-electron chi connectivity index (χ2n) is 7.26. The van der Waals surface area contributed by atoms with E-state index in [0.29, 0.717) is 23.2 Å². The number of rotatable bonds is 4. The van der Waals surface area contributed by atoms with Crippen molar-refractivity contribution in [1.29, 1.82) is 0 Å². The van der Waals surface area contributed by atoms with Crippen LogP contribution in [0.15, 0.2) is 78.4 Å². The van der Waals surface area contributed by atoms with Crippen molar-refractivity contribution in [2.24, 2.45) is 0 Å². The third kappa shape index (κ3) is 4.14. The van der Waals surface area contributed by atoms with Crippen LogP contribution in [0, 0.1) is 12.7 Å². The van der Waals surface area contributed by atoms with E-state index in [1.54, 1.807) is 48.5 Å². The Hall–Kier alpha value is -4.06. The van der Waals surface area contributed by atoms with Gasteiger partial charge >= 0.3 is 6.03 Å². The molecule has 0 saturated carbocycles. The van der Waals surface area contributed by atoms with Crippen molar-refractivity contribution in [1.82, 2.24) is 5.32 Å². The summed E-state index contributed by atoms with van der Waals surface area (Å²) in [7, 11) is 0. The Labute approximate surface area is 178 Å². The third-order valence-electron chi connectivity index (χ3n) is 5.06. The minimum Gasteiger partial charge on any atom is -0.273 e. The summed E-state index contributed by atoms with van der Waals surface area (Å²) < 4.78 is 14.1. The van der Waals surface area contributed by atoms with E-state index < -0.39 is 17.8 Å². The number of imide groups is 2. The van der Waals surface area contributed by atoms with Crippen LogP contribution in [0.2, 0.25) is 0 Å². The van der Waals surface area contributed by atoms with Crippen LogP contribution in [0.4, 0.5) is 14.9 Å². The van der Waals surface area contributed by atoms with Crippen molar-refractivity contribution >= 4 is 29.6 Å². The van der Waals surface area contributed by atoms with Gasteiger partial charge in [0.2, 0.25) is 0 Å². The maximum Gasteiger partial charge on any atom is 0.335 e. The molecule has 3 aromatic rings. The molecule has 31 heavy (non-hydrogen) atoms. The van der Waals surface area contributed by atoms with E-state index in [9.17, 15) is 18.8 Å². The maximum atomic E-state index is 14.1. The predicted molar refractivity (Wildman–Crippen MR) is 116 cm³/mol. The van der Waals surface area contributed by atoms with E-state index in [2.05, 4.69) is 5.32 Å². The van der Waals surface area contributed by atoms with Gasteiger partial charge in [0.25, 0.3) is 11.8 Å². The van der Waals surface area contributed by atoms with Crippen molar-refractivity contribution in [2.45, 2.75) is 13.3 Å². The molecule has 1 aliphatic heterocycles. The Bertz CT molecular complexity index is 1230. The molecule has 0 atom stereocenters. The lowest BCUT2D eigenvalue weighted by Crippen LogP contribution is -2.54. The van der Waals surface area contributed by atoms with Crippen LogP contribution in [0.5, 0.6) is 0 Å². The first kappa shape index (κ1) is 20.2. The van der Waals surface area contributed by atoms with E-state index in [0.717, 1.165) is 16.0 Å². The molecule has 0 bridgehead atoms. The lowest BCUT2D eigenvalue weighted by molar-refractivity contribution is -0.122. The molecule has 1 N–H and O–H groups in total. The summed E-state index contributed by atoms with van der Waals surface area (Å²) in [6, 6.07) is 19.7. The molecule has 1 fully saturated rings. The molecular formula is C25H19FN2O3. The molecule has 0 aromatic heterocycles. The Kier molecular flexibility index (Phi) is 5.45. The first-order valence-electron chi connectivity index (χ1n) is 9.73. The highest BCUT2D eigenvalue weighted by atomic mass is 19.1. The van der Waals surface area contributed by atoms with Gasteiger partial charge in [-0.2, -0.15) is 0 Å². The Balaban J connectivity index is 1.73. The van der Waals surface area contributed by atoms with Gasteiger partial charge in [-0.25, -0.2) is 14.1 Å². The molecule has 3 aromatic carbocycles. The van der Waals surface area contributed by atoms with Crippen LogP contribution < -0.4 is 10.2 Å². The highest BCUT2D eigenvalue weighted by Crippen LogP contribution is 2.24. The van der Waals surface area contributed by atoms with Crippen LogP contribution in [0.3, 0.4) is 0 Å². The largest absolute Gasteiger partial charge is 0.335 e. The molecule has 6 heteroatoms. The summed E-state index contributed by atoms with van der Waals surface area (Å²) in [6.07, 6.45) is 1.74. The standard InChI is InChI=1S/C25H19FN2O3/c1-16-7-6-11-20(13-16)28-24(30)21(23(29)27-25(28)31)15-18-9-3-2-8-17(18)14-19-10-4-5-12-22(19)26/h2-13,15H,14H2,1H3,(H,27,29,31)/b21-15+. The third-order valence-corrected chi connectivity index (χ3v) is 5.06. The van der Waals surface area contributed by atoms with Gasteiger partial charge in [0.1, 0.15) is 11.4 Å². The molecule has 154 valence electrons. The number of hydrogen-bond donors (Lipinski definition) is 1. The molecule has 1 heterocycles. The van der Waals surface area contributed by atoms with Crippen LogP contribution in [-0.2, 0) is 16.0 Å². The topological polar surface area (TPSA) is 66.5 Å². The van der Waals surface area contributed by atoms with E-state index in [4.69, 9.17) is 0 Å². The van der Waals surface area contributed by atoms with Crippen molar-refractivity contribution < 1.29 is 18.8 Å². The number of aryl methyl sites for hydroxylation is 1. The van der Waals surface area contributed by atoms with Crippen molar-refractivity contribution in [3.05, 3.63) is 106 Å².